The first-order valence-electron chi connectivity index (χ1n) is 8.75. The van der Waals surface area contributed by atoms with Gasteiger partial charge < -0.3 is 10.8 Å². The van der Waals surface area contributed by atoms with Gasteiger partial charge in [-0.15, -0.1) is 0 Å². The lowest BCUT2D eigenvalue weighted by molar-refractivity contribution is 0.473. The van der Waals surface area contributed by atoms with Crippen molar-refractivity contribution in [3.05, 3.63) is 107 Å². The van der Waals surface area contributed by atoms with Crippen LogP contribution in [0.25, 0.3) is 5.70 Å². The number of aliphatic imine (C=N–C) groups is 1. The van der Waals surface area contributed by atoms with E-state index in [2.05, 4.69) is 35.3 Å². The first-order chi connectivity index (χ1) is 13.1. The number of benzene rings is 3. The zero-order valence-corrected chi connectivity index (χ0v) is 15.8. The molecular weight excluding hydrogens is 352 g/mol. The van der Waals surface area contributed by atoms with Crippen molar-refractivity contribution in [2.75, 3.05) is 0 Å². The molecule has 0 saturated heterocycles. The molecule has 0 amide bonds. The molecule has 1 heterocycles. The fourth-order valence-corrected chi connectivity index (χ4v) is 4.53. The quantitative estimate of drug-likeness (QED) is 0.677. The smallest absolute Gasteiger partial charge is 0.160 e. The summed E-state index contributed by atoms with van der Waals surface area (Å²) in [5.74, 6) is 0.199. The van der Waals surface area contributed by atoms with E-state index in [9.17, 15) is 5.11 Å². The summed E-state index contributed by atoms with van der Waals surface area (Å²) in [6, 6.07) is 26.0. The Bertz CT molecular complexity index is 987. The van der Waals surface area contributed by atoms with Gasteiger partial charge in [0.1, 0.15) is 5.75 Å². The van der Waals surface area contributed by atoms with Gasteiger partial charge in [0.2, 0.25) is 0 Å². The monoisotopic (exact) mass is 372 g/mol. The molecule has 134 valence electrons. The molecule has 0 atom stereocenters. The van der Waals surface area contributed by atoms with E-state index in [4.69, 9.17) is 5.73 Å². The van der Waals surface area contributed by atoms with E-state index in [0.29, 0.717) is 16.4 Å². The maximum Gasteiger partial charge on any atom is 0.160 e. The van der Waals surface area contributed by atoms with E-state index in [1.54, 1.807) is 6.07 Å². The number of nitrogens with zero attached hydrogens (tertiary/aromatic N) is 1. The van der Waals surface area contributed by atoms with Gasteiger partial charge in [-0.2, -0.15) is 0 Å². The first-order valence-corrected chi connectivity index (χ1v) is 9.57. The summed E-state index contributed by atoms with van der Waals surface area (Å²) in [6.07, 6.45) is 2.10. The highest BCUT2D eigenvalue weighted by Crippen LogP contribution is 2.49. The zero-order valence-electron chi connectivity index (χ0n) is 15.0. The molecule has 0 aromatic heterocycles. The summed E-state index contributed by atoms with van der Waals surface area (Å²) in [5, 5.41) is 10.9. The third-order valence-corrected chi connectivity index (χ3v) is 5.88. The van der Waals surface area contributed by atoms with Crippen LogP contribution in [0, 0.1) is 6.92 Å². The molecule has 3 aromatic carbocycles. The lowest BCUT2D eigenvalue weighted by atomic mass is 9.88. The molecule has 4 heteroatoms. The topological polar surface area (TPSA) is 58.6 Å². The fraction of sp³-hybridized carbons (Fsp3) is 0.0870. The summed E-state index contributed by atoms with van der Waals surface area (Å²) in [5.41, 5.74) is 10.9. The van der Waals surface area contributed by atoms with Crippen molar-refractivity contribution < 1.29 is 5.11 Å². The molecule has 0 bridgehead atoms. The van der Waals surface area contributed by atoms with Crippen LogP contribution in [0.1, 0.15) is 22.3 Å². The molecule has 27 heavy (non-hydrogen) atoms. The standard InChI is InChI=1S/C23H20N2OS/c1-16-12-13-21(26)19(14-16)20-15-23(27-22(24)25-20,17-8-4-2-5-9-17)18-10-6-3-7-11-18/h2-15,26H,1H3,(H2,24,25). The van der Waals surface area contributed by atoms with Crippen LogP contribution < -0.4 is 5.73 Å². The van der Waals surface area contributed by atoms with Crippen molar-refractivity contribution in [3.8, 4) is 5.75 Å². The van der Waals surface area contributed by atoms with Gasteiger partial charge in [-0.3, -0.25) is 0 Å². The maximum absolute atomic E-state index is 10.4. The number of phenolic OH excluding ortho intramolecular Hbond substituents is 1. The van der Waals surface area contributed by atoms with Gasteiger partial charge in [0.25, 0.3) is 0 Å². The number of hydrogen-bond acceptors (Lipinski definition) is 4. The molecule has 1 aliphatic rings. The van der Waals surface area contributed by atoms with Crippen molar-refractivity contribution in [2.45, 2.75) is 11.7 Å². The summed E-state index contributed by atoms with van der Waals surface area (Å²) < 4.78 is -0.514. The van der Waals surface area contributed by atoms with Gasteiger partial charge in [0, 0.05) is 5.56 Å². The van der Waals surface area contributed by atoms with Gasteiger partial charge >= 0.3 is 0 Å². The lowest BCUT2D eigenvalue weighted by Gasteiger charge is -2.34. The Labute approximate surface area is 163 Å². The number of phenols is 1. The molecule has 3 aromatic rings. The predicted molar refractivity (Wildman–Crippen MR) is 114 cm³/mol. The third kappa shape index (κ3) is 3.24. The largest absolute Gasteiger partial charge is 0.507 e. The number of thioether (sulfide) groups is 1. The minimum absolute atomic E-state index is 0.199. The Morgan fingerprint density at radius 3 is 2.07 bits per heavy atom. The third-order valence-electron chi connectivity index (χ3n) is 4.67. The molecule has 0 fully saturated rings. The Kier molecular flexibility index (Phi) is 4.50. The predicted octanol–water partition coefficient (Wildman–Crippen LogP) is 5.05. The SMILES string of the molecule is Cc1ccc(O)c(C2=CC(c3ccccc3)(c3ccccc3)SC(N)=N2)c1. The highest BCUT2D eigenvalue weighted by Gasteiger charge is 2.37. The van der Waals surface area contributed by atoms with Crippen LogP contribution in [-0.4, -0.2) is 10.3 Å². The number of aromatic hydroxyl groups is 1. The summed E-state index contributed by atoms with van der Waals surface area (Å²) in [7, 11) is 0. The minimum atomic E-state index is -0.514. The van der Waals surface area contributed by atoms with Crippen LogP contribution in [-0.2, 0) is 4.75 Å². The molecule has 0 spiro atoms. The normalized spacial score (nSPS) is 15.7. The Morgan fingerprint density at radius 1 is 0.889 bits per heavy atom. The van der Waals surface area contributed by atoms with Crippen LogP contribution in [0.3, 0.4) is 0 Å². The molecular formula is C23H20N2OS. The average Bonchev–Trinajstić information content (AvgIpc) is 2.70. The molecule has 1 aliphatic heterocycles. The highest BCUT2D eigenvalue weighted by molar-refractivity contribution is 8.15. The Hall–Kier alpha value is -2.98. The molecule has 0 saturated carbocycles. The van der Waals surface area contributed by atoms with Crippen LogP contribution >= 0.6 is 11.8 Å². The van der Waals surface area contributed by atoms with E-state index in [1.165, 1.54) is 11.8 Å². The van der Waals surface area contributed by atoms with Crippen molar-refractivity contribution in [3.63, 3.8) is 0 Å². The molecule has 3 N–H and O–H groups in total. The highest BCUT2D eigenvalue weighted by atomic mass is 32.2. The Morgan fingerprint density at radius 2 is 1.48 bits per heavy atom. The van der Waals surface area contributed by atoms with Crippen molar-refractivity contribution in [1.82, 2.24) is 0 Å². The van der Waals surface area contributed by atoms with E-state index in [1.807, 2.05) is 55.5 Å². The Balaban J connectivity index is 1.98. The van der Waals surface area contributed by atoms with E-state index in [0.717, 1.165) is 16.7 Å². The fourth-order valence-electron chi connectivity index (χ4n) is 3.38. The van der Waals surface area contributed by atoms with Crippen LogP contribution in [0.4, 0.5) is 0 Å². The van der Waals surface area contributed by atoms with Gasteiger partial charge in [-0.25, -0.2) is 4.99 Å². The molecule has 3 nitrogen and oxygen atoms in total. The second-order valence-corrected chi connectivity index (χ2v) is 7.84. The second kappa shape index (κ2) is 6.97. The van der Waals surface area contributed by atoms with Gasteiger partial charge in [-0.05, 0) is 36.3 Å². The van der Waals surface area contributed by atoms with Gasteiger partial charge in [0.15, 0.2) is 5.17 Å². The van der Waals surface area contributed by atoms with Gasteiger partial charge in [0.05, 0.1) is 10.4 Å². The second-order valence-electron chi connectivity index (χ2n) is 6.57. The maximum atomic E-state index is 10.4. The van der Waals surface area contributed by atoms with Crippen molar-refractivity contribution in [1.29, 1.82) is 0 Å². The summed E-state index contributed by atoms with van der Waals surface area (Å²) >= 11 is 1.52. The number of nitrogens with two attached hydrogens (primary N) is 1. The zero-order chi connectivity index (χ0) is 18.9. The molecule has 0 radical (unpaired) electrons. The average molecular weight is 372 g/mol. The van der Waals surface area contributed by atoms with Crippen molar-refractivity contribution in [2.24, 2.45) is 10.7 Å². The van der Waals surface area contributed by atoms with E-state index >= 15 is 0 Å². The summed E-state index contributed by atoms with van der Waals surface area (Å²) in [6.45, 7) is 2.00. The van der Waals surface area contributed by atoms with E-state index < -0.39 is 4.75 Å². The summed E-state index contributed by atoms with van der Waals surface area (Å²) in [4.78, 5) is 4.56. The van der Waals surface area contributed by atoms with Crippen LogP contribution in [0.15, 0.2) is 89.9 Å². The van der Waals surface area contributed by atoms with Gasteiger partial charge in [-0.1, -0.05) is 84.1 Å². The van der Waals surface area contributed by atoms with Crippen LogP contribution in [0.5, 0.6) is 5.75 Å². The first kappa shape index (κ1) is 17.4. The number of amidine groups is 1. The molecule has 0 aliphatic carbocycles. The molecule has 4 rings (SSSR count). The van der Waals surface area contributed by atoms with Crippen LogP contribution in [0.2, 0.25) is 0 Å². The number of rotatable bonds is 3. The molecule has 0 unspecified atom stereocenters. The minimum Gasteiger partial charge on any atom is -0.507 e. The number of hydrogen-bond donors (Lipinski definition) is 2. The number of aryl methyl sites for hydroxylation is 1. The lowest BCUT2D eigenvalue weighted by Crippen LogP contribution is -2.29. The van der Waals surface area contributed by atoms with Crippen molar-refractivity contribution >= 4 is 22.6 Å². The van der Waals surface area contributed by atoms with E-state index in [-0.39, 0.29) is 5.75 Å².